The van der Waals surface area contributed by atoms with Crippen LogP contribution in [-0.2, 0) is 0 Å². The highest BCUT2D eigenvalue weighted by Crippen LogP contribution is 1.98. The second kappa shape index (κ2) is 2.56. The molecule has 1 aromatic rings. The first-order valence-electron chi connectivity index (χ1n) is 2.82. The molecule has 0 fully saturated rings. The first kappa shape index (κ1) is 6.86. The average molecular weight is 138 g/mol. The lowest BCUT2D eigenvalue weighted by Gasteiger charge is -1.99. The number of pyridine rings is 1. The van der Waals surface area contributed by atoms with Crippen LogP contribution in [0.5, 0.6) is 5.75 Å². The van der Waals surface area contributed by atoms with Crippen LogP contribution in [-0.4, -0.2) is 11.7 Å². The Morgan fingerprint density at radius 2 is 2.40 bits per heavy atom. The van der Waals surface area contributed by atoms with E-state index in [1.54, 1.807) is 18.3 Å². The fourth-order valence-corrected chi connectivity index (χ4v) is 0.670. The fraction of sp³-hybridized carbons (Fsp3) is 0.143. The zero-order chi connectivity index (χ0) is 7.56. The normalized spacial score (nSPS) is 9.40. The van der Waals surface area contributed by atoms with E-state index in [0.29, 0.717) is 5.75 Å². The van der Waals surface area contributed by atoms with E-state index < -0.39 is 0 Å². The molecule has 3 nitrogen and oxygen atoms in total. The molecule has 0 spiro atoms. The molecule has 0 saturated carbocycles. The molecule has 53 valence electrons. The molecule has 10 heavy (non-hydrogen) atoms. The molecule has 0 aromatic carbocycles. The van der Waals surface area contributed by atoms with Crippen molar-refractivity contribution >= 4 is 0 Å². The molecule has 0 atom stereocenters. The van der Waals surface area contributed by atoms with Crippen LogP contribution >= 0.6 is 0 Å². The Hall–Kier alpha value is -1.25. The van der Waals surface area contributed by atoms with Crippen LogP contribution < -0.4 is 10.3 Å². The van der Waals surface area contributed by atoms with Crippen LogP contribution in [0.1, 0.15) is 0 Å². The summed E-state index contributed by atoms with van der Waals surface area (Å²) in [6.07, 6.45) is 1.57. The Bertz CT molecular complexity index is 277. The molecule has 0 N–H and O–H groups in total. The number of ether oxygens (including phenoxy) is 1. The standard InChI is InChI=1S/C7H8NO2/c1-8-5-3-4-6(10-2)7(8)9/h3-5H,1H2,2H3. The third-order valence-corrected chi connectivity index (χ3v) is 1.21. The van der Waals surface area contributed by atoms with E-state index in [0.717, 1.165) is 0 Å². The van der Waals surface area contributed by atoms with Gasteiger partial charge in [-0.05, 0) is 12.1 Å². The van der Waals surface area contributed by atoms with E-state index in [9.17, 15) is 4.79 Å². The van der Waals surface area contributed by atoms with Crippen LogP contribution in [0.15, 0.2) is 23.1 Å². The maximum atomic E-state index is 11.0. The van der Waals surface area contributed by atoms with Gasteiger partial charge in [0, 0.05) is 13.2 Å². The van der Waals surface area contributed by atoms with E-state index in [1.807, 2.05) is 0 Å². The molecule has 0 amide bonds. The molecule has 0 saturated heterocycles. The maximum absolute atomic E-state index is 11.0. The summed E-state index contributed by atoms with van der Waals surface area (Å²) in [6, 6.07) is 3.30. The van der Waals surface area contributed by atoms with Crippen molar-refractivity contribution in [3.8, 4) is 5.75 Å². The summed E-state index contributed by atoms with van der Waals surface area (Å²) in [4.78, 5) is 11.0. The van der Waals surface area contributed by atoms with Gasteiger partial charge in [-0.15, -0.1) is 0 Å². The van der Waals surface area contributed by atoms with Crippen LogP contribution in [0.2, 0.25) is 0 Å². The van der Waals surface area contributed by atoms with E-state index in [2.05, 4.69) is 7.05 Å². The third-order valence-electron chi connectivity index (χ3n) is 1.21. The van der Waals surface area contributed by atoms with Gasteiger partial charge >= 0.3 is 0 Å². The molecule has 1 heterocycles. The highest BCUT2D eigenvalue weighted by atomic mass is 16.5. The van der Waals surface area contributed by atoms with Gasteiger partial charge in [0.05, 0.1) is 7.11 Å². The summed E-state index contributed by atoms with van der Waals surface area (Å²) in [5, 5.41) is 0. The number of methoxy groups -OCH3 is 1. The molecule has 0 aliphatic heterocycles. The van der Waals surface area contributed by atoms with E-state index in [4.69, 9.17) is 4.74 Å². The molecule has 0 bridgehead atoms. The second-order valence-corrected chi connectivity index (χ2v) is 1.85. The minimum atomic E-state index is -0.218. The summed E-state index contributed by atoms with van der Waals surface area (Å²) in [5.74, 6) is 0.317. The smallest absolute Gasteiger partial charge is 0.292 e. The van der Waals surface area contributed by atoms with Gasteiger partial charge < -0.3 is 9.30 Å². The lowest BCUT2D eigenvalue weighted by Crippen LogP contribution is -2.15. The van der Waals surface area contributed by atoms with Crippen LogP contribution in [0.4, 0.5) is 0 Å². The zero-order valence-corrected chi connectivity index (χ0v) is 5.70. The Balaban J connectivity index is 3.28. The van der Waals surface area contributed by atoms with Crippen molar-refractivity contribution in [1.82, 2.24) is 4.57 Å². The fourth-order valence-electron chi connectivity index (χ4n) is 0.670. The lowest BCUT2D eigenvalue weighted by atomic mass is 10.4. The molecule has 1 rings (SSSR count). The van der Waals surface area contributed by atoms with E-state index in [1.165, 1.54) is 11.7 Å². The summed E-state index contributed by atoms with van der Waals surface area (Å²) in [5.41, 5.74) is -0.218. The molecule has 0 aliphatic carbocycles. The zero-order valence-electron chi connectivity index (χ0n) is 5.70. The van der Waals surface area contributed by atoms with Gasteiger partial charge in [0.1, 0.15) is 0 Å². The lowest BCUT2D eigenvalue weighted by molar-refractivity contribution is 0.406. The van der Waals surface area contributed by atoms with Crippen LogP contribution in [0, 0.1) is 7.05 Å². The predicted molar refractivity (Wildman–Crippen MR) is 38.0 cm³/mol. The third kappa shape index (κ3) is 1.03. The van der Waals surface area contributed by atoms with Crippen LogP contribution in [0.3, 0.4) is 0 Å². The molecule has 3 heteroatoms. The summed E-state index contributed by atoms with van der Waals surface area (Å²) in [7, 11) is 4.91. The minimum absolute atomic E-state index is 0.218. The number of aromatic nitrogens is 1. The Morgan fingerprint density at radius 3 is 2.90 bits per heavy atom. The van der Waals surface area contributed by atoms with Gasteiger partial charge in [-0.3, -0.25) is 4.79 Å². The average Bonchev–Trinajstić information content (AvgIpc) is 1.95. The maximum Gasteiger partial charge on any atom is 0.292 e. The molecule has 1 radical (unpaired) electrons. The number of nitrogens with zero attached hydrogens (tertiary/aromatic N) is 1. The summed E-state index contributed by atoms with van der Waals surface area (Å²) < 4.78 is 5.97. The van der Waals surface area contributed by atoms with Crippen molar-refractivity contribution in [3.63, 3.8) is 0 Å². The first-order valence-corrected chi connectivity index (χ1v) is 2.82. The van der Waals surface area contributed by atoms with Gasteiger partial charge in [-0.2, -0.15) is 0 Å². The minimum Gasteiger partial charge on any atom is -0.491 e. The molecule has 0 unspecified atom stereocenters. The molecule has 1 aromatic heterocycles. The van der Waals surface area contributed by atoms with Crippen molar-refractivity contribution in [2.45, 2.75) is 0 Å². The highest BCUT2D eigenvalue weighted by Gasteiger charge is 1.96. The molecular weight excluding hydrogens is 130 g/mol. The largest absolute Gasteiger partial charge is 0.491 e. The van der Waals surface area contributed by atoms with Crippen molar-refractivity contribution in [2.24, 2.45) is 0 Å². The summed E-state index contributed by atoms with van der Waals surface area (Å²) >= 11 is 0. The monoisotopic (exact) mass is 138 g/mol. The number of hydrogen-bond donors (Lipinski definition) is 0. The van der Waals surface area contributed by atoms with E-state index in [-0.39, 0.29) is 5.56 Å². The Morgan fingerprint density at radius 1 is 1.70 bits per heavy atom. The van der Waals surface area contributed by atoms with Gasteiger partial charge in [0.15, 0.2) is 5.75 Å². The van der Waals surface area contributed by atoms with Crippen molar-refractivity contribution < 1.29 is 4.74 Å². The quantitative estimate of drug-likeness (QED) is 0.565. The Labute approximate surface area is 58.9 Å². The van der Waals surface area contributed by atoms with Crippen molar-refractivity contribution in [1.29, 1.82) is 0 Å². The predicted octanol–water partition coefficient (Wildman–Crippen LogP) is 0.497. The van der Waals surface area contributed by atoms with Gasteiger partial charge in [-0.1, -0.05) is 0 Å². The highest BCUT2D eigenvalue weighted by molar-refractivity contribution is 5.17. The topological polar surface area (TPSA) is 31.2 Å². The van der Waals surface area contributed by atoms with Gasteiger partial charge in [-0.25, -0.2) is 0 Å². The first-order chi connectivity index (χ1) is 4.75. The van der Waals surface area contributed by atoms with Crippen molar-refractivity contribution in [2.75, 3.05) is 7.11 Å². The van der Waals surface area contributed by atoms with Crippen LogP contribution in [0.25, 0.3) is 0 Å². The second-order valence-electron chi connectivity index (χ2n) is 1.85. The summed E-state index contributed by atoms with van der Waals surface area (Å²) in [6.45, 7) is 0. The molecular formula is C7H8NO2. The number of hydrogen-bond acceptors (Lipinski definition) is 2. The van der Waals surface area contributed by atoms with Gasteiger partial charge in [0.25, 0.3) is 5.56 Å². The van der Waals surface area contributed by atoms with Crippen molar-refractivity contribution in [3.05, 3.63) is 35.7 Å². The van der Waals surface area contributed by atoms with Gasteiger partial charge in [0.2, 0.25) is 0 Å². The Kier molecular flexibility index (Phi) is 1.76. The molecule has 0 aliphatic rings. The van der Waals surface area contributed by atoms with E-state index >= 15 is 0 Å². The SMILES string of the molecule is [CH2]n1cccc(OC)c1=O. The number of rotatable bonds is 1.